The van der Waals surface area contributed by atoms with Gasteiger partial charge in [0.05, 0.1) is 6.61 Å². The molecule has 0 unspecified atom stereocenters. The summed E-state index contributed by atoms with van der Waals surface area (Å²) in [5.41, 5.74) is 0. The van der Waals surface area contributed by atoms with Crippen molar-refractivity contribution < 1.29 is 24.5 Å². The molecule has 1 aromatic rings. The molecule has 0 aliphatic heterocycles. The van der Waals surface area contributed by atoms with E-state index in [-0.39, 0.29) is 30.5 Å². The fourth-order valence-electron chi connectivity index (χ4n) is 1.03. The minimum Gasteiger partial charge on any atom is -0.504 e. The van der Waals surface area contributed by atoms with E-state index in [0.29, 0.717) is 0 Å². The molecule has 0 aliphatic carbocycles. The summed E-state index contributed by atoms with van der Waals surface area (Å²) in [5, 5.41) is 18.1. The molecule has 1 rings (SSSR count). The second-order valence-corrected chi connectivity index (χ2v) is 2.80. The minimum atomic E-state index is -0.653. The lowest BCUT2D eigenvalue weighted by molar-refractivity contribution is -0.129. The Hall–Kier alpha value is -2.01. The van der Waals surface area contributed by atoms with Gasteiger partial charge in [-0.2, -0.15) is 0 Å². The Bertz CT molecular complexity index is 386. The summed E-state index contributed by atoms with van der Waals surface area (Å²) < 4.78 is 9.90. The Morgan fingerprint density at radius 3 is 2.88 bits per heavy atom. The molecule has 0 fully saturated rings. The number of ether oxygens (including phenoxy) is 2. The molecule has 5 heteroatoms. The summed E-state index contributed by atoms with van der Waals surface area (Å²) >= 11 is 0. The van der Waals surface area contributed by atoms with Crippen LogP contribution in [-0.2, 0) is 4.79 Å². The maximum atomic E-state index is 11.0. The number of aliphatic hydroxyl groups is 1. The van der Waals surface area contributed by atoms with Crippen LogP contribution in [0.15, 0.2) is 30.9 Å². The molecule has 0 atom stereocenters. The smallest absolute Gasteiger partial charge is 0.335 e. The highest BCUT2D eigenvalue weighted by molar-refractivity contribution is 5.84. The number of aromatic hydroxyl groups is 1. The van der Waals surface area contributed by atoms with E-state index in [1.165, 1.54) is 18.2 Å². The molecule has 16 heavy (non-hydrogen) atoms. The molecule has 0 saturated carbocycles. The molecule has 0 saturated heterocycles. The van der Waals surface area contributed by atoms with Crippen LogP contribution in [0.1, 0.15) is 0 Å². The van der Waals surface area contributed by atoms with Gasteiger partial charge < -0.3 is 19.7 Å². The second kappa shape index (κ2) is 5.77. The van der Waals surface area contributed by atoms with Gasteiger partial charge in [-0.3, -0.25) is 0 Å². The predicted molar refractivity (Wildman–Crippen MR) is 56.5 cm³/mol. The van der Waals surface area contributed by atoms with Crippen molar-refractivity contribution in [2.75, 3.05) is 13.2 Å². The zero-order valence-electron chi connectivity index (χ0n) is 8.55. The Balaban J connectivity index is 2.92. The summed E-state index contributed by atoms with van der Waals surface area (Å²) in [7, 11) is 0. The first-order valence-electron chi connectivity index (χ1n) is 4.59. The average Bonchev–Trinajstić information content (AvgIpc) is 2.28. The van der Waals surface area contributed by atoms with Crippen LogP contribution < -0.4 is 9.47 Å². The largest absolute Gasteiger partial charge is 0.504 e. The van der Waals surface area contributed by atoms with E-state index < -0.39 is 5.97 Å². The number of para-hydroxylation sites is 1. The summed E-state index contributed by atoms with van der Waals surface area (Å²) in [6.45, 7) is 3.04. The molecule has 0 amide bonds. The number of esters is 1. The second-order valence-electron chi connectivity index (χ2n) is 2.80. The maximum absolute atomic E-state index is 11.0. The van der Waals surface area contributed by atoms with Crippen molar-refractivity contribution in [3.8, 4) is 17.2 Å². The van der Waals surface area contributed by atoms with Crippen molar-refractivity contribution >= 4 is 5.97 Å². The number of aliphatic hydroxyl groups excluding tert-OH is 1. The number of hydrogen-bond donors (Lipinski definition) is 2. The molecule has 0 bridgehead atoms. The number of carbonyl (C=O) groups excluding carboxylic acids is 1. The molecule has 2 N–H and O–H groups in total. The van der Waals surface area contributed by atoms with Crippen LogP contribution in [0.4, 0.5) is 0 Å². The highest BCUT2D eigenvalue weighted by Gasteiger charge is 2.12. The van der Waals surface area contributed by atoms with Crippen LogP contribution in [-0.4, -0.2) is 29.4 Å². The van der Waals surface area contributed by atoms with Gasteiger partial charge in [-0.25, -0.2) is 4.79 Å². The third kappa shape index (κ3) is 2.99. The van der Waals surface area contributed by atoms with Gasteiger partial charge in [0.15, 0.2) is 11.5 Å². The number of hydrogen-bond acceptors (Lipinski definition) is 5. The lowest BCUT2D eigenvalue weighted by Crippen LogP contribution is -2.07. The van der Waals surface area contributed by atoms with Gasteiger partial charge in [0, 0.05) is 6.08 Å². The lowest BCUT2D eigenvalue weighted by atomic mass is 10.3. The quantitative estimate of drug-likeness (QED) is 0.440. The van der Waals surface area contributed by atoms with Crippen molar-refractivity contribution in [2.45, 2.75) is 0 Å². The van der Waals surface area contributed by atoms with E-state index in [4.69, 9.17) is 14.6 Å². The summed E-state index contributed by atoms with van der Waals surface area (Å²) in [4.78, 5) is 11.0. The fraction of sp³-hybridized carbons (Fsp3) is 0.182. The van der Waals surface area contributed by atoms with Crippen LogP contribution in [0.25, 0.3) is 0 Å². The van der Waals surface area contributed by atoms with E-state index in [9.17, 15) is 9.90 Å². The van der Waals surface area contributed by atoms with E-state index >= 15 is 0 Å². The highest BCUT2D eigenvalue weighted by atomic mass is 16.6. The fourth-order valence-corrected chi connectivity index (χ4v) is 1.03. The molecule has 0 heterocycles. The minimum absolute atomic E-state index is 0.00376. The van der Waals surface area contributed by atoms with E-state index in [1.54, 1.807) is 0 Å². The number of carbonyl (C=O) groups is 1. The van der Waals surface area contributed by atoms with E-state index in [2.05, 4.69) is 6.58 Å². The first-order valence-corrected chi connectivity index (χ1v) is 4.59. The molecular weight excluding hydrogens is 212 g/mol. The van der Waals surface area contributed by atoms with Gasteiger partial charge in [-0.1, -0.05) is 12.6 Å². The van der Waals surface area contributed by atoms with Crippen LogP contribution in [0.5, 0.6) is 17.2 Å². The average molecular weight is 224 g/mol. The first-order chi connectivity index (χ1) is 7.69. The Morgan fingerprint density at radius 1 is 1.50 bits per heavy atom. The standard InChI is InChI=1S/C11H12O5/c1-2-10(14)16-9-5-3-4-8(13)11(9)15-7-6-12/h2-5,12-13H,1,6-7H2. The van der Waals surface area contributed by atoms with Crippen LogP contribution in [0.2, 0.25) is 0 Å². The van der Waals surface area contributed by atoms with E-state index in [1.807, 2.05) is 0 Å². The van der Waals surface area contributed by atoms with Gasteiger partial charge in [0.25, 0.3) is 0 Å². The van der Waals surface area contributed by atoms with Crippen molar-refractivity contribution in [2.24, 2.45) is 0 Å². The Kier molecular flexibility index (Phi) is 4.35. The monoisotopic (exact) mass is 224 g/mol. The number of phenolic OH excluding ortho intramolecular Hbond substituents is 1. The maximum Gasteiger partial charge on any atom is 0.335 e. The normalized spacial score (nSPS) is 9.56. The lowest BCUT2D eigenvalue weighted by Gasteiger charge is -2.11. The Morgan fingerprint density at radius 2 is 2.25 bits per heavy atom. The number of phenols is 1. The summed E-state index contributed by atoms with van der Waals surface area (Å²) in [5.74, 6) is -0.715. The molecule has 0 radical (unpaired) electrons. The van der Waals surface area contributed by atoms with Crippen LogP contribution in [0, 0.1) is 0 Å². The summed E-state index contributed by atoms with van der Waals surface area (Å²) in [6, 6.07) is 4.36. The molecule has 86 valence electrons. The zero-order valence-corrected chi connectivity index (χ0v) is 8.55. The molecule has 0 aliphatic rings. The van der Waals surface area contributed by atoms with Gasteiger partial charge in [-0.05, 0) is 12.1 Å². The molecule has 0 spiro atoms. The molecule has 5 nitrogen and oxygen atoms in total. The van der Waals surface area contributed by atoms with Crippen molar-refractivity contribution in [3.63, 3.8) is 0 Å². The summed E-state index contributed by atoms with van der Waals surface area (Å²) in [6.07, 6.45) is 1.000. The Labute approximate surface area is 92.5 Å². The number of benzene rings is 1. The molecule has 1 aromatic carbocycles. The van der Waals surface area contributed by atoms with Gasteiger partial charge in [-0.15, -0.1) is 0 Å². The molecule has 0 aromatic heterocycles. The van der Waals surface area contributed by atoms with Crippen LogP contribution >= 0.6 is 0 Å². The third-order valence-corrected chi connectivity index (χ3v) is 1.67. The van der Waals surface area contributed by atoms with Gasteiger partial charge >= 0.3 is 5.97 Å². The van der Waals surface area contributed by atoms with Gasteiger partial charge in [0.1, 0.15) is 6.61 Å². The van der Waals surface area contributed by atoms with E-state index in [0.717, 1.165) is 6.08 Å². The van der Waals surface area contributed by atoms with Gasteiger partial charge in [0.2, 0.25) is 5.75 Å². The molecular formula is C11H12O5. The van der Waals surface area contributed by atoms with Crippen molar-refractivity contribution in [1.82, 2.24) is 0 Å². The zero-order chi connectivity index (χ0) is 12.0. The first kappa shape index (κ1) is 12.1. The SMILES string of the molecule is C=CC(=O)Oc1cccc(O)c1OCCO. The van der Waals surface area contributed by atoms with Crippen LogP contribution in [0.3, 0.4) is 0 Å². The van der Waals surface area contributed by atoms with Crippen molar-refractivity contribution in [3.05, 3.63) is 30.9 Å². The predicted octanol–water partition coefficient (Wildman–Crippen LogP) is 0.855. The topological polar surface area (TPSA) is 76.0 Å². The third-order valence-electron chi connectivity index (χ3n) is 1.67. The highest BCUT2D eigenvalue weighted by Crippen LogP contribution is 2.36. The van der Waals surface area contributed by atoms with Crippen molar-refractivity contribution in [1.29, 1.82) is 0 Å². The number of rotatable bonds is 5.